The number of rotatable bonds is 10. The molecule has 2 N–H and O–H groups in total. The normalized spacial score (nSPS) is 13.6. The van der Waals surface area contributed by atoms with Crippen molar-refractivity contribution >= 4 is 17.9 Å². The van der Waals surface area contributed by atoms with Crippen LogP contribution in [0.5, 0.6) is 0 Å². The molecule has 0 atom stereocenters. The van der Waals surface area contributed by atoms with E-state index in [9.17, 15) is 9.59 Å². The predicted octanol–water partition coefficient (Wildman–Crippen LogP) is 3.23. The SMILES string of the molecule is CN(CCCNC(=O)/C=C/c1ccc(C(=O)NC2CC2)cc1)Cc1ccccc1. The molecule has 0 aliphatic heterocycles. The van der Waals surface area contributed by atoms with Gasteiger partial charge >= 0.3 is 0 Å². The minimum atomic E-state index is -0.105. The maximum Gasteiger partial charge on any atom is 0.251 e. The predicted molar refractivity (Wildman–Crippen MR) is 116 cm³/mol. The topological polar surface area (TPSA) is 61.4 Å². The number of amides is 2. The van der Waals surface area contributed by atoms with Gasteiger partial charge in [-0.3, -0.25) is 9.59 Å². The van der Waals surface area contributed by atoms with Gasteiger partial charge in [-0.2, -0.15) is 0 Å². The van der Waals surface area contributed by atoms with Crippen molar-refractivity contribution in [2.24, 2.45) is 0 Å². The van der Waals surface area contributed by atoms with E-state index in [1.54, 1.807) is 18.2 Å². The van der Waals surface area contributed by atoms with Crippen LogP contribution in [0, 0.1) is 0 Å². The molecular weight excluding hydrogens is 362 g/mol. The van der Waals surface area contributed by atoms with Crippen LogP contribution < -0.4 is 10.6 Å². The van der Waals surface area contributed by atoms with Crippen LogP contribution in [0.4, 0.5) is 0 Å². The minimum Gasteiger partial charge on any atom is -0.353 e. The van der Waals surface area contributed by atoms with Gasteiger partial charge < -0.3 is 15.5 Å². The van der Waals surface area contributed by atoms with E-state index < -0.39 is 0 Å². The zero-order valence-corrected chi connectivity index (χ0v) is 16.9. The molecule has 29 heavy (non-hydrogen) atoms. The molecule has 2 aromatic carbocycles. The van der Waals surface area contributed by atoms with Crippen LogP contribution in [0.2, 0.25) is 0 Å². The molecule has 1 aliphatic rings. The average Bonchev–Trinajstić information content (AvgIpc) is 3.55. The molecule has 0 unspecified atom stereocenters. The number of nitrogens with one attached hydrogen (secondary N) is 2. The van der Waals surface area contributed by atoms with Gasteiger partial charge in [0, 0.05) is 30.8 Å². The van der Waals surface area contributed by atoms with Crippen LogP contribution in [-0.4, -0.2) is 42.9 Å². The second-order valence-electron chi connectivity index (χ2n) is 7.57. The third kappa shape index (κ3) is 7.54. The summed E-state index contributed by atoms with van der Waals surface area (Å²) in [6, 6.07) is 18.0. The van der Waals surface area contributed by atoms with Gasteiger partial charge in [-0.25, -0.2) is 0 Å². The van der Waals surface area contributed by atoms with Crippen LogP contribution in [-0.2, 0) is 11.3 Å². The molecule has 2 aromatic rings. The fourth-order valence-corrected chi connectivity index (χ4v) is 3.01. The molecule has 0 spiro atoms. The Bertz CT molecular complexity index is 827. The Morgan fingerprint density at radius 2 is 1.79 bits per heavy atom. The van der Waals surface area contributed by atoms with Gasteiger partial charge in [-0.1, -0.05) is 42.5 Å². The number of carbonyl (C=O) groups excluding carboxylic acids is 2. The summed E-state index contributed by atoms with van der Waals surface area (Å²) in [5.74, 6) is -0.135. The lowest BCUT2D eigenvalue weighted by molar-refractivity contribution is -0.116. The summed E-state index contributed by atoms with van der Waals surface area (Å²) in [6.45, 7) is 2.47. The number of carbonyl (C=O) groups is 2. The van der Waals surface area contributed by atoms with Crippen LogP contribution in [0.1, 0.15) is 40.7 Å². The second kappa shape index (κ2) is 10.6. The zero-order chi connectivity index (χ0) is 20.5. The van der Waals surface area contributed by atoms with Crippen molar-refractivity contribution in [3.8, 4) is 0 Å². The van der Waals surface area contributed by atoms with Crippen molar-refractivity contribution < 1.29 is 9.59 Å². The fourth-order valence-electron chi connectivity index (χ4n) is 3.01. The van der Waals surface area contributed by atoms with E-state index >= 15 is 0 Å². The van der Waals surface area contributed by atoms with Crippen molar-refractivity contribution in [3.63, 3.8) is 0 Å². The monoisotopic (exact) mass is 391 g/mol. The lowest BCUT2D eigenvalue weighted by atomic mass is 10.1. The maximum atomic E-state index is 12.0. The highest BCUT2D eigenvalue weighted by Gasteiger charge is 2.23. The Kier molecular flexibility index (Phi) is 7.59. The standard InChI is InChI=1S/C24H29N3O2/c1-27(18-20-6-3-2-4-7-20)17-5-16-25-23(28)15-10-19-8-11-21(12-9-19)24(29)26-22-13-14-22/h2-4,6-12,15,22H,5,13-14,16-18H2,1H3,(H,25,28)(H,26,29)/b15-10+. The zero-order valence-electron chi connectivity index (χ0n) is 16.9. The van der Waals surface area contributed by atoms with E-state index in [2.05, 4.69) is 34.7 Å². The molecule has 0 aromatic heterocycles. The van der Waals surface area contributed by atoms with Gasteiger partial charge in [0.25, 0.3) is 5.91 Å². The molecule has 3 rings (SSSR count). The summed E-state index contributed by atoms with van der Waals surface area (Å²) in [6.07, 6.45) is 6.34. The molecule has 0 saturated heterocycles. The first-order chi connectivity index (χ1) is 14.1. The first-order valence-corrected chi connectivity index (χ1v) is 10.2. The van der Waals surface area contributed by atoms with Crippen molar-refractivity contribution in [1.82, 2.24) is 15.5 Å². The molecule has 1 saturated carbocycles. The minimum absolute atomic E-state index is 0.0296. The van der Waals surface area contributed by atoms with Crippen LogP contribution in [0.3, 0.4) is 0 Å². The Balaban J connectivity index is 1.33. The number of hydrogen-bond acceptors (Lipinski definition) is 3. The molecule has 152 valence electrons. The fraction of sp³-hybridized carbons (Fsp3) is 0.333. The van der Waals surface area contributed by atoms with Gasteiger partial charge in [-0.05, 0) is 62.2 Å². The largest absolute Gasteiger partial charge is 0.353 e. The van der Waals surface area contributed by atoms with Crippen LogP contribution in [0.15, 0.2) is 60.7 Å². The van der Waals surface area contributed by atoms with E-state index in [1.807, 2.05) is 30.3 Å². The summed E-state index contributed by atoms with van der Waals surface area (Å²) in [5.41, 5.74) is 2.84. The molecule has 5 heteroatoms. The first kappa shape index (κ1) is 20.8. The smallest absolute Gasteiger partial charge is 0.251 e. The maximum absolute atomic E-state index is 12.0. The average molecular weight is 392 g/mol. The number of nitrogens with zero attached hydrogens (tertiary/aromatic N) is 1. The Morgan fingerprint density at radius 1 is 1.07 bits per heavy atom. The Hall–Kier alpha value is -2.92. The van der Waals surface area contributed by atoms with Crippen molar-refractivity contribution in [3.05, 3.63) is 77.4 Å². The number of benzene rings is 2. The quantitative estimate of drug-likeness (QED) is 0.483. The first-order valence-electron chi connectivity index (χ1n) is 10.2. The highest BCUT2D eigenvalue weighted by Crippen LogP contribution is 2.19. The molecule has 0 radical (unpaired) electrons. The van der Waals surface area contributed by atoms with E-state index in [-0.39, 0.29) is 11.8 Å². The highest BCUT2D eigenvalue weighted by molar-refractivity contribution is 5.95. The summed E-state index contributed by atoms with van der Waals surface area (Å²) in [7, 11) is 2.09. The van der Waals surface area contributed by atoms with Gasteiger partial charge in [0.1, 0.15) is 0 Å². The van der Waals surface area contributed by atoms with Gasteiger partial charge in [0.2, 0.25) is 5.91 Å². The molecule has 5 nitrogen and oxygen atoms in total. The third-order valence-corrected chi connectivity index (χ3v) is 4.82. The Morgan fingerprint density at radius 3 is 2.48 bits per heavy atom. The van der Waals surface area contributed by atoms with Gasteiger partial charge in [0.15, 0.2) is 0 Å². The van der Waals surface area contributed by atoms with Gasteiger partial charge in [-0.15, -0.1) is 0 Å². The molecule has 0 heterocycles. The van der Waals surface area contributed by atoms with E-state index in [0.29, 0.717) is 18.2 Å². The Labute approximate surface area is 172 Å². The summed E-state index contributed by atoms with van der Waals surface area (Å²) in [4.78, 5) is 26.2. The highest BCUT2D eigenvalue weighted by atomic mass is 16.2. The number of hydrogen-bond donors (Lipinski definition) is 2. The summed E-state index contributed by atoms with van der Waals surface area (Å²) in [5, 5.41) is 5.88. The van der Waals surface area contributed by atoms with Crippen molar-refractivity contribution in [2.45, 2.75) is 31.8 Å². The van der Waals surface area contributed by atoms with Gasteiger partial charge in [0.05, 0.1) is 0 Å². The van der Waals surface area contributed by atoms with Crippen molar-refractivity contribution in [1.29, 1.82) is 0 Å². The van der Waals surface area contributed by atoms with Crippen molar-refractivity contribution in [2.75, 3.05) is 20.1 Å². The molecule has 0 bridgehead atoms. The van der Waals surface area contributed by atoms with E-state index in [0.717, 1.165) is 37.9 Å². The molecule has 1 aliphatic carbocycles. The summed E-state index contributed by atoms with van der Waals surface area (Å²) < 4.78 is 0. The molecular formula is C24H29N3O2. The second-order valence-corrected chi connectivity index (χ2v) is 7.57. The summed E-state index contributed by atoms with van der Waals surface area (Å²) >= 11 is 0. The molecule has 2 amide bonds. The van der Waals surface area contributed by atoms with E-state index in [4.69, 9.17) is 0 Å². The van der Waals surface area contributed by atoms with E-state index in [1.165, 1.54) is 11.6 Å². The lowest BCUT2D eigenvalue weighted by Crippen LogP contribution is -2.26. The van der Waals surface area contributed by atoms with Crippen LogP contribution in [0.25, 0.3) is 6.08 Å². The lowest BCUT2D eigenvalue weighted by Gasteiger charge is -2.16. The molecule has 1 fully saturated rings. The van der Waals surface area contributed by atoms with Crippen LogP contribution >= 0.6 is 0 Å². The third-order valence-electron chi connectivity index (χ3n) is 4.82.